The van der Waals surface area contributed by atoms with Gasteiger partial charge in [0.1, 0.15) is 17.0 Å². The Hall–Kier alpha value is -6.92. The zero-order valence-electron chi connectivity index (χ0n) is 28.1. The summed E-state index contributed by atoms with van der Waals surface area (Å²) >= 11 is 0. The van der Waals surface area contributed by atoms with Crippen LogP contribution < -0.4 is 10.2 Å². The van der Waals surface area contributed by atoms with Gasteiger partial charge < -0.3 is 18.3 Å². The first-order chi connectivity index (χ1) is 25.6. The molecule has 0 spiro atoms. The van der Waals surface area contributed by atoms with Gasteiger partial charge in [0.15, 0.2) is 11.5 Å². The van der Waals surface area contributed by atoms with Gasteiger partial charge in [-0.25, -0.2) is 4.98 Å². The van der Waals surface area contributed by atoms with Crippen LogP contribution in [0.25, 0.3) is 94.1 Å². The normalized spacial score (nSPS) is 12.2. The van der Waals surface area contributed by atoms with Crippen molar-refractivity contribution in [3.05, 3.63) is 156 Å². The molecule has 0 aliphatic carbocycles. The third-order valence-corrected chi connectivity index (χ3v) is 10.5. The summed E-state index contributed by atoms with van der Waals surface area (Å²) in [5.41, 5.74) is 11.3. The number of benzene rings is 7. The van der Waals surface area contributed by atoms with E-state index < -0.39 is 0 Å². The number of ether oxygens (including phenoxy) is 1. The quantitative estimate of drug-likeness (QED) is 0.175. The first-order valence-electron chi connectivity index (χ1n) is 17.5. The van der Waals surface area contributed by atoms with E-state index in [1.54, 1.807) is 0 Å². The fourth-order valence-corrected chi connectivity index (χ4v) is 8.07. The fourth-order valence-electron chi connectivity index (χ4n) is 8.07. The van der Waals surface area contributed by atoms with Crippen molar-refractivity contribution in [2.75, 3.05) is 0 Å². The van der Waals surface area contributed by atoms with Crippen LogP contribution in [0, 0.1) is 0 Å². The number of imidazole rings is 1. The number of rotatable bonds is 4. The van der Waals surface area contributed by atoms with Crippen LogP contribution in [0.2, 0.25) is 0 Å². The van der Waals surface area contributed by atoms with Crippen molar-refractivity contribution in [3.63, 3.8) is 0 Å². The molecule has 1 aliphatic heterocycles. The molecule has 0 saturated carbocycles. The second-order valence-corrected chi connectivity index (χ2v) is 13.4. The topological polar surface area (TPSA) is 62.2 Å². The highest BCUT2D eigenvalue weighted by Crippen LogP contribution is 2.46. The molecule has 6 nitrogen and oxygen atoms in total. The SMILES string of the molecule is CCn1c(-c2ccc3oc4ccc(-c5cccc(-c6ccc7c(c6)-n6c8ccccc8c8cccc(c86)O7)c5)cc4c(=O)c3c2)nc2ccccc21. The van der Waals surface area contributed by atoms with E-state index >= 15 is 0 Å². The maximum absolute atomic E-state index is 14.1. The molecule has 0 bridgehead atoms. The minimum absolute atomic E-state index is 0.0597. The van der Waals surface area contributed by atoms with Crippen LogP contribution in [0.4, 0.5) is 0 Å². The van der Waals surface area contributed by atoms with Crippen molar-refractivity contribution < 1.29 is 9.15 Å². The molecule has 0 fully saturated rings. The monoisotopic (exact) mass is 671 g/mol. The second-order valence-electron chi connectivity index (χ2n) is 13.4. The summed E-state index contributed by atoms with van der Waals surface area (Å²) in [4.78, 5) is 19.1. The molecule has 11 rings (SSSR count). The van der Waals surface area contributed by atoms with Crippen LogP contribution >= 0.6 is 0 Å². The molecular formula is C46H29N3O3. The van der Waals surface area contributed by atoms with Crippen LogP contribution in [-0.4, -0.2) is 14.1 Å². The summed E-state index contributed by atoms with van der Waals surface area (Å²) in [6, 6.07) is 49.4. The molecule has 10 aromatic rings. The smallest absolute Gasteiger partial charge is 0.200 e. The lowest BCUT2D eigenvalue weighted by molar-refractivity contribution is 0.476. The first-order valence-corrected chi connectivity index (χ1v) is 17.5. The van der Waals surface area contributed by atoms with Gasteiger partial charge in [0.2, 0.25) is 5.43 Å². The molecule has 0 N–H and O–H groups in total. The highest BCUT2D eigenvalue weighted by atomic mass is 16.5. The highest BCUT2D eigenvalue weighted by molar-refractivity contribution is 6.12. The molecule has 0 unspecified atom stereocenters. The minimum Gasteiger partial charge on any atom is -0.456 e. The number of fused-ring (bicyclic) bond motifs is 8. The van der Waals surface area contributed by atoms with Crippen molar-refractivity contribution in [1.82, 2.24) is 14.1 Å². The number of hydrogen-bond acceptors (Lipinski definition) is 4. The molecule has 4 heterocycles. The molecule has 0 atom stereocenters. The van der Waals surface area contributed by atoms with Gasteiger partial charge in [0, 0.05) is 22.9 Å². The predicted molar refractivity (Wildman–Crippen MR) is 210 cm³/mol. The zero-order valence-corrected chi connectivity index (χ0v) is 28.1. The van der Waals surface area contributed by atoms with Crippen molar-refractivity contribution in [2.24, 2.45) is 0 Å². The Labute approximate surface area is 297 Å². The van der Waals surface area contributed by atoms with Gasteiger partial charge in [-0.15, -0.1) is 0 Å². The van der Waals surface area contributed by atoms with Gasteiger partial charge in [0.25, 0.3) is 0 Å². The average Bonchev–Trinajstić information content (AvgIpc) is 3.75. The average molecular weight is 672 g/mol. The largest absolute Gasteiger partial charge is 0.456 e. The van der Waals surface area contributed by atoms with Gasteiger partial charge in [-0.1, -0.05) is 72.8 Å². The minimum atomic E-state index is -0.0597. The number of hydrogen-bond donors (Lipinski definition) is 0. The lowest BCUT2D eigenvalue weighted by atomic mass is 9.97. The summed E-state index contributed by atoms with van der Waals surface area (Å²) in [6.07, 6.45) is 0. The first kappa shape index (κ1) is 28.9. The van der Waals surface area contributed by atoms with Gasteiger partial charge >= 0.3 is 0 Å². The summed E-state index contributed by atoms with van der Waals surface area (Å²) in [6.45, 7) is 2.88. The lowest BCUT2D eigenvalue weighted by Crippen LogP contribution is -2.04. The highest BCUT2D eigenvalue weighted by Gasteiger charge is 2.24. The summed E-state index contributed by atoms with van der Waals surface area (Å²) in [5, 5.41) is 3.46. The van der Waals surface area contributed by atoms with E-state index in [-0.39, 0.29) is 5.43 Å². The van der Waals surface area contributed by atoms with Crippen LogP contribution in [0.3, 0.4) is 0 Å². The van der Waals surface area contributed by atoms with Gasteiger partial charge in [-0.2, -0.15) is 0 Å². The number of aromatic nitrogens is 3. The van der Waals surface area contributed by atoms with Gasteiger partial charge in [-0.05, 0) is 102 Å². The standard InChI is InChI=1S/C46H29N3O3/c1-2-48-38-15-6-4-13-36(38)47-46(48)31-19-21-41-35(25-31)45(50)34-24-29(17-20-40(34)51-41)27-9-7-10-28(23-27)30-18-22-42-39(26-30)49-37-14-5-3-11-32(37)33-12-8-16-43(52-42)44(33)49/h3-26H,2H2,1H3. The lowest BCUT2D eigenvalue weighted by Gasteiger charge is -2.22. The van der Waals surface area contributed by atoms with Crippen molar-refractivity contribution in [2.45, 2.75) is 13.5 Å². The fraction of sp³-hybridized carbons (Fsp3) is 0.0435. The maximum atomic E-state index is 14.1. The zero-order chi connectivity index (χ0) is 34.5. The Morgan fingerprint density at radius 1 is 0.558 bits per heavy atom. The Balaban J connectivity index is 1.01. The van der Waals surface area contributed by atoms with E-state index in [0.29, 0.717) is 21.9 Å². The van der Waals surface area contributed by atoms with Crippen LogP contribution in [0.5, 0.6) is 11.5 Å². The summed E-state index contributed by atoms with van der Waals surface area (Å²) < 4.78 is 17.2. The molecule has 246 valence electrons. The van der Waals surface area contributed by atoms with E-state index in [9.17, 15) is 4.79 Å². The molecule has 0 saturated heterocycles. The molecule has 3 aromatic heterocycles. The Kier molecular flexibility index (Phi) is 5.99. The van der Waals surface area contributed by atoms with Crippen molar-refractivity contribution >= 4 is 54.8 Å². The van der Waals surface area contributed by atoms with Gasteiger partial charge in [-0.3, -0.25) is 4.79 Å². The molecule has 1 aliphatic rings. The number of nitrogens with zero attached hydrogens (tertiary/aromatic N) is 3. The Bertz CT molecular complexity index is 3180. The number of para-hydroxylation sites is 4. The van der Waals surface area contributed by atoms with Crippen LogP contribution in [0.1, 0.15) is 6.92 Å². The predicted octanol–water partition coefficient (Wildman–Crippen LogP) is 11.5. The van der Waals surface area contributed by atoms with Crippen molar-refractivity contribution in [1.29, 1.82) is 0 Å². The van der Waals surface area contributed by atoms with Crippen molar-refractivity contribution in [3.8, 4) is 50.8 Å². The second kappa shape index (κ2) is 10.8. The molecular weight excluding hydrogens is 643 g/mol. The van der Waals surface area contributed by atoms with Crippen LogP contribution in [0.15, 0.2) is 155 Å². The molecule has 52 heavy (non-hydrogen) atoms. The molecule has 0 amide bonds. The maximum Gasteiger partial charge on any atom is 0.200 e. The van der Waals surface area contributed by atoms with E-state index in [2.05, 4.69) is 101 Å². The molecule has 7 aromatic carbocycles. The Morgan fingerprint density at radius 3 is 2.04 bits per heavy atom. The Morgan fingerprint density at radius 2 is 1.21 bits per heavy atom. The third-order valence-electron chi connectivity index (χ3n) is 10.5. The molecule has 6 heteroatoms. The van der Waals surface area contributed by atoms with E-state index in [4.69, 9.17) is 14.1 Å². The van der Waals surface area contributed by atoms with E-state index in [0.717, 1.165) is 79.4 Å². The van der Waals surface area contributed by atoms with E-state index in [1.165, 1.54) is 10.8 Å². The molecule has 0 radical (unpaired) electrons. The summed E-state index contributed by atoms with van der Waals surface area (Å²) in [7, 11) is 0. The van der Waals surface area contributed by atoms with E-state index in [1.807, 2.05) is 60.7 Å². The number of aryl methyl sites for hydroxylation is 1. The third kappa shape index (κ3) is 4.12. The van der Waals surface area contributed by atoms with Crippen LogP contribution in [-0.2, 0) is 6.54 Å². The summed E-state index contributed by atoms with van der Waals surface area (Å²) in [5.74, 6) is 2.52. The van der Waals surface area contributed by atoms with Gasteiger partial charge in [0.05, 0.1) is 38.5 Å².